The van der Waals surface area contributed by atoms with Crippen LogP contribution < -0.4 is 5.32 Å². The molecule has 0 aliphatic rings. The highest BCUT2D eigenvalue weighted by Crippen LogP contribution is 2.20. The van der Waals surface area contributed by atoms with Crippen LogP contribution in [0.15, 0.2) is 42.6 Å². The lowest BCUT2D eigenvalue weighted by Crippen LogP contribution is -2.05. The van der Waals surface area contributed by atoms with Gasteiger partial charge in [0.1, 0.15) is 0 Å². The van der Waals surface area contributed by atoms with Crippen molar-refractivity contribution in [2.75, 3.05) is 12.4 Å². The van der Waals surface area contributed by atoms with Gasteiger partial charge in [0.2, 0.25) is 0 Å². The number of nitrogens with zero attached hydrogens (tertiary/aromatic N) is 1. The molecule has 0 saturated heterocycles. The van der Waals surface area contributed by atoms with Crippen LogP contribution in [0.4, 0.5) is 5.69 Å². The Labute approximate surface area is 116 Å². The molecule has 0 unspecified atom stereocenters. The zero-order valence-electron chi connectivity index (χ0n) is 10.4. The van der Waals surface area contributed by atoms with E-state index in [9.17, 15) is 4.79 Å². The number of anilines is 1. The molecule has 5 heteroatoms. The van der Waals surface area contributed by atoms with Crippen molar-refractivity contribution in [1.82, 2.24) is 4.98 Å². The molecular formula is C14H13ClN2O2. The first-order chi connectivity index (χ1) is 9.20. The van der Waals surface area contributed by atoms with Crippen LogP contribution in [0.2, 0.25) is 5.02 Å². The lowest BCUT2D eigenvalue weighted by molar-refractivity contribution is 0.0600. The molecule has 98 valence electrons. The zero-order chi connectivity index (χ0) is 13.7. The lowest BCUT2D eigenvalue weighted by atomic mass is 10.2. The Balaban J connectivity index is 2.01. The number of nitrogens with one attached hydrogen (secondary N) is 1. The van der Waals surface area contributed by atoms with E-state index in [0.29, 0.717) is 17.1 Å². The van der Waals surface area contributed by atoms with E-state index in [2.05, 4.69) is 15.0 Å². The molecule has 0 atom stereocenters. The smallest absolute Gasteiger partial charge is 0.339 e. The van der Waals surface area contributed by atoms with E-state index in [0.717, 1.165) is 11.4 Å². The average molecular weight is 277 g/mol. The Morgan fingerprint density at radius 2 is 2.11 bits per heavy atom. The van der Waals surface area contributed by atoms with Crippen LogP contribution in [-0.2, 0) is 11.3 Å². The van der Waals surface area contributed by atoms with Crippen molar-refractivity contribution in [1.29, 1.82) is 0 Å². The van der Waals surface area contributed by atoms with Gasteiger partial charge in [-0.1, -0.05) is 23.7 Å². The molecule has 1 aromatic carbocycles. The molecule has 0 spiro atoms. The third kappa shape index (κ3) is 3.45. The Bertz CT molecular complexity index is 570. The maximum atomic E-state index is 11.3. The third-order valence-corrected chi connectivity index (χ3v) is 2.91. The largest absolute Gasteiger partial charge is 0.465 e. The Morgan fingerprint density at radius 1 is 1.32 bits per heavy atom. The minimum absolute atomic E-state index is 0.391. The summed E-state index contributed by atoms with van der Waals surface area (Å²) in [5, 5.41) is 3.84. The zero-order valence-corrected chi connectivity index (χ0v) is 11.1. The molecule has 0 saturated carbocycles. The number of halogens is 1. The standard InChI is InChI=1S/C14H13ClN2O2/c1-19-14(18)10-6-7-11(16-8-10)9-17-13-5-3-2-4-12(13)15/h2-8,17H,9H2,1H3. The topological polar surface area (TPSA) is 51.2 Å². The SMILES string of the molecule is COC(=O)c1ccc(CNc2ccccc2Cl)nc1. The molecule has 4 nitrogen and oxygen atoms in total. The van der Waals surface area contributed by atoms with Gasteiger partial charge in [0.05, 0.1) is 35.6 Å². The number of aromatic nitrogens is 1. The molecule has 2 rings (SSSR count). The first-order valence-electron chi connectivity index (χ1n) is 5.72. The number of esters is 1. The summed E-state index contributed by atoms with van der Waals surface area (Å²) in [6.07, 6.45) is 1.50. The number of rotatable bonds is 4. The number of methoxy groups -OCH3 is 1. The van der Waals surface area contributed by atoms with Crippen LogP contribution in [0.3, 0.4) is 0 Å². The molecule has 0 aliphatic heterocycles. The summed E-state index contributed by atoms with van der Waals surface area (Å²) in [6.45, 7) is 0.533. The molecule has 0 bridgehead atoms. The molecule has 1 N–H and O–H groups in total. The normalized spacial score (nSPS) is 10.0. The van der Waals surface area contributed by atoms with Crippen molar-refractivity contribution in [3.05, 3.63) is 58.9 Å². The summed E-state index contributed by atoms with van der Waals surface area (Å²) in [6, 6.07) is 10.9. The first kappa shape index (κ1) is 13.4. The van der Waals surface area contributed by atoms with Crippen LogP contribution in [0, 0.1) is 0 Å². The number of carbonyl (C=O) groups is 1. The van der Waals surface area contributed by atoms with Crippen molar-refractivity contribution in [2.24, 2.45) is 0 Å². The van der Waals surface area contributed by atoms with Gasteiger partial charge < -0.3 is 10.1 Å². The summed E-state index contributed by atoms with van der Waals surface area (Å²) >= 11 is 6.03. The summed E-state index contributed by atoms with van der Waals surface area (Å²) < 4.78 is 4.61. The Hall–Kier alpha value is -2.07. The minimum Gasteiger partial charge on any atom is -0.465 e. The molecule has 2 aromatic rings. The Kier molecular flexibility index (Phi) is 4.36. The lowest BCUT2D eigenvalue weighted by Gasteiger charge is -2.07. The third-order valence-electron chi connectivity index (χ3n) is 2.58. The van der Waals surface area contributed by atoms with E-state index in [-0.39, 0.29) is 0 Å². The number of para-hydroxylation sites is 1. The number of hydrogen-bond acceptors (Lipinski definition) is 4. The molecular weight excluding hydrogens is 264 g/mol. The van der Waals surface area contributed by atoms with Crippen LogP contribution >= 0.6 is 11.6 Å². The highest BCUT2D eigenvalue weighted by Gasteiger charge is 2.05. The maximum Gasteiger partial charge on any atom is 0.339 e. The summed E-state index contributed by atoms with van der Waals surface area (Å²) in [7, 11) is 1.34. The van der Waals surface area contributed by atoms with Crippen molar-refractivity contribution >= 4 is 23.3 Å². The van der Waals surface area contributed by atoms with Gasteiger partial charge in [0.15, 0.2) is 0 Å². The van der Waals surface area contributed by atoms with E-state index in [1.807, 2.05) is 24.3 Å². The maximum absolute atomic E-state index is 11.3. The predicted molar refractivity (Wildman–Crippen MR) is 74.4 cm³/mol. The van der Waals surface area contributed by atoms with Gasteiger partial charge in [-0.25, -0.2) is 4.79 Å². The van der Waals surface area contributed by atoms with Gasteiger partial charge in [-0.05, 0) is 24.3 Å². The number of ether oxygens (including phenoxy) is 1. The van der Waals surface area contributed by atoms with Gasteiger partial charge in [-0.2, -0.15) is 0 Å². The molecule has 0 aliphatic carbocycles. The summed E-state index contributed by atoms with van der Waals surface area (Å²) in [5.74, 6) is -0.391. The highest BCUT2D eigenvalue weighted by molar-refractivity contribution is 6.33. The quantitative estimate of drug-likeness (QED) is 0.872. The van der Waals surface area contributed by atoms with Gasteiger partial charge in [0.25, 0.3) is 0 Å². The summed E-state index contributed by atoms with van der Waals surface area (Å²) in [4.78, 5) is 15.4. The second kappa shape index (κ2) is 6.20. The molecule has 0 amide bonds. The minimum atomic E-state index is -0.391. The van der Waals surface area contributed by atoms with Crippen LogP contribution in [0.5, 0.6) is 0 Å². The van der Waals surface area contributed by atoms with Crippen molar-refractivity contribution in [3.8, 4) is 0 Å². The number of carbonyl (C=O) groups excluding carboxylic acids is 1. The monoisotopic (exact) mass is 276 g/mol. The molecule has 19 heavy (non-hydrogen) atoms. The second-order valence-electron chi connectivity index (χ2n) is 3.86. The van der Waals surface area contributed by atoms with Gasteiger partial charge in [-0.3, -0.25) is 4.98 Å². The highest BCUT2D eigenvalue weighted by atomic mass is 35.5. The van der Waals surface area contributed by atoms with E-state index in [1.54, 1.807) is 12.1 Å². The van der Waals surface area contributed by atoms with Crippen molar-refractivity contribution in [3.63, 3.8) is 0 Å². The van der Waals surface area contributed by atoms with E-state index in [4.69, 9.17) is 11.6 Å². The fraction of sp³-hybridized carbons (Fsp3) is 0.143. The predicted octanol–water partition coefficient (Wildman–Crippen LogP) is 3.13. The van der Waals surface area contributed by atoms with Crippen LogP contribution in [0.25, 0.3) is 0 Å². The van der Waals surface area contributed by atoms with Gasteiger partial charge >= 0.3 is 5.97 Å². The molecule has 0 fully saturated rings. The Morgan fingerprint density at radius 3 is 2.74 bits per heavy atom. The van der Waals surface area contributed by atoms with E-state index < -0.39 is 5.97 Å². The second-order valence-corrected chi connectivity index (χ2v) is 4.27. The van der Waals surface area contributed by atoms with E-state index >= 15 is 0 Å². The van der Waals surface area contributed by atoms with Crippen molar-refractivity contribution < 1.29 is 9.53 Å². The molecule has 1 heterocycles. The van der Waals surface area contributed by atoms with Crippen molar-refractivity contribution in [2.45, 2.75) is 6.54 Å². The van der Waals surface area contributed by atoms with Gasteiger partial charge in [0, 0.05) is 6.20 Å². The van der Waals surface area contributed by atoms with Crippen LogP contribution in [0.1, 0.15) is 16.1 Å². The van der Waals surface area contributed by atoms with Gasteiger partial charge in [-0.15, -0.1) is 0 Å². The van der Waals surface area contributed by atoms with Crippen LogP contribution in [-0.4, -0.2) is 18.1 Å². The first-order valence-corrected chi connectivity index (χ1v) is 6.10. The average Bonchev–Trinajstić information content (AvgIpc) is 2.46. The number of benzene rings is 1. The molecule has 1 aromatic heterocycles. The van der Waals surface area contributed by atoms with E-state index in [1.165, 1.54) is 13.3 Å². The number of hydrogen-bond donors (Lipinski definition) is 1. The number of pyridine rings is 1. The summed E-state index contributed by atoms with van der Waals surface area (Å²) in [5.41, 5.74) is 2.10. The molecule has 0 radical (unpaired) electrons. The fourth-order valence-corrected chi connectivity index (χ4v) is 1.76. The fourth-order valence-electron chi connectivity index (χ4n) is 1.56.